The van der Waals surface area contributed by atoms with Crippen LogP contribution < -0.4 is 5.32 Å². The number of rotatable bonds is 1. The van der Waals surface area contributed by atoms with Crippen LogP contribution in [0, 0.1) is 0 Å². The van der Waals surface area contributed by atoms with Crippen molar-refractivity contribution in [1.82, 2.24) is 0 Å². The molecule has 2 rings (SSSR count). The van der Waals surface area contributed by atoms with Gasteiger partial charge in [0, 0.05) is 12.1 Å². The molecule has 1 aliphatic rings. The molecule has 1 heterocycles. The van der Waals surface area contributed by atoms with Gasteiger partial charge in [-0.05, 0) is 11.6 Å². The second kappa shape index (κ2) is 2.66. The molecule has 0 aliphatic carbocycles. The molecule has 0 amide bonds. The zero-order chi connectivity index (χ0) is 8.55. The lowest BCUT2D eigenvalue weighted by molar-refractivity contribution is -0.112. The summed E-state index contributed by atoms with van der Waals surface area (Å²) in [5.41, 5.74) is 1.91. The van der Waals surface area contributed by atoms with Crippen LogP contribution in [0.5, 0.6) is 0 Å². The van der Waals surface area contributed by atoms with E-state index >= 15 is 0 Å². The first-order valence-electron chi connectivity index (χ1n) is 3.91. The number of nitrogens with one attached hydrogen (secondary N) is 1. The van der Waals surface area contributed by atoms with Gasteiger partial charge in [-0.1, -0.05) is 18.2 Å². The van der Waals surface area contributed by atoms with Crippen molar-refractivity contribution in [3.8, 4) is 0 Å². The Bertz CT molecular complexity index is 299. The number of benzene rings is 1. The third-order valence-electron chi connectivity index (χ3n) is 2.11. The van der Waals surface area contributed by atoms with E-state index in [0.717, 1.165) is 5.69 Å². The van der Waals surface area contributed by atoms with E-state index in [1.54, 1.807) is 0 Å². The molecule has 2 radical (unpaired) electrons. The summed E-state index contributed by atoms with van der Waals surface area (Å²) >= 11 is 0. The summed E-state index contributed by atoms with van der Waals surface area (Å²) in [7, 11) is 5.18. The first kappa shape index (κ1) is 7.41. The highest BCUT2D eigenvalue weighted by Crippen LogP contribution is 2.24. The fourth-order valence-electron chi connectivity index (χ4n) is 1.47. The van der Waals surface area contributed by atoms with Gasteiger partial charge >= 0.3 is 0 Å². The van der Waals surface area contributed by atoms with E-state index in [-0.39, 0.29) is 11.7 Å². The van der Waals surface area contributed by atoms with Crippen molar-refractivity contribution < 1.29 is 4.79 Å². The predicted molar refractivity (Wildman–Crippen MR) is 48.3 cm³/mol. The maximum absolute atomic E-state index is 10.8. The monoisotopic (exact) mass is 157 g/mol. The Balaban J connectivity index is 2.27. The molecule has 1 unspecified atom stereocenters. The molecule has 58 valence electrons. The average molecular weight is 157 g/mol. The lowest BCUT2D eigenvalue weighted by atomic mass is 9.93. The van der Waals surface area contributed by atoms with E-state index in [1.807, 2.05) is 24.3 Å². The maximum Gasteiger partial charge on any atom is 0.170 e. The van der Waals surface area contributed by atoms with Crippen molar-refractivity contribution in [2.75, 3.05) is 5.32 Å². The van der Waals surface area contributed by atoms with E-state index < -0.39 is 0 Å². The summed E-state index contributed by atoms with van der Waals surface area (Å²) in [6, 6.07) is 7.64. The SMILES string of the molecule is [B]C(=O)C1Cc2ccccc2N1. The number of carbonyl (C=O) groups is 1. The van der Waals surface area contributed by atoms with Gasteiger partial charge in [-0.2, -0.15) is 0 Å². The minimum atomic E-state index is -0.286. The highest BCUT2D eigenvalue weighted by molar-refractivity contribution is 6.59. The van der Waals surface area contributed by atoms with Crippen molar-refractivity contribution in [2.45, 2.75) is 12.5 Å². The Morgan fingerprint density at radius 3 is 2.92 bits per heavy atom. The molecule has 3 heteroatoms. The molecule has 12 heavy (non-hydrogen) atoms. The topological polar surface area (TPSA) is 29.1 Å². The fourth-order valence-corrected chi connectivity index (χ4v) is 1.47. The van der Waals surface area contributed by atoms with Crippen molar-refractivity contribution in [3.05, 3.63) is 29.8 Å². The number of hydrogen-bond acceptors (Lipinski definition) is 2. The Hall–Kier alpha value is -1.25. The van der Waals surface area contributed by atoms with Crippen LogP contribution in [0.2, 0.25) is 0 Å². The van der Waals surface area contributed by atoms with Crippen molar-refractivity contribution in [3.63, 3.8) is 0 Å². The zero-order valence-electron chi connectivity index (χ0n) is 6.58. The lowest BCUT2D eigenvalue weighted by Crippen LogP contribution is -2.26. The summed E-state index contributed by atoms with van der Waals surface area (Å²) in [6.07, 6.45) is 0.714. The highest BCUT2D eigenvalue weighted by atomic mass is 16.1. The lowest BCUT2D eigenvalue weighted by Gasteiger charge is -2.05. The summed E-state index contributed by atoms with van der Waals surface area (Å²) < 4.78 is 0. The molecule has 0 saturated carbocycles. The molecule has 1 aliphatic heterocycles. The molecule has 0 fully saturated rings. The van der Waals surface area contributed by atoms with Crippen LogP contribution in [-0.2, 0) is 11.2 Å². The minimum absolute atomic E-state index is 0.220. The molecular formula is C9H8BNO. The Kier molecular flexibility index (Phi) is 1.64. The molecule has 0 aromatic heterocycles. The van der Waals surface area contributed by atoms with E-state index in [9.17, 15) is 4.79 Å². The fraction of sp³-hybridized carbons (Fsp3) is 0.222. The van der Waals surface area contributed by atoms with Crippen LogP contribution >= 0.6 is 0 Å². The van der Waals surface area contributed by atoms with E-state index in [2.05, 4.69) is 5.32 Å². The third-order valence-corrected chi connectivity index (χ3v) is 2.11. The average Bonchev–Trinajstić information content (AvgIpc) is 2.46. The number of fused-ring (bicyclic) bond motifs is 1. The number of para-hydroxylation sites is 1. The van der Waals surface area contributed by atoms with Gasteiger partial charge < -0.3 is 10.1 Å². The maximum atomic E-state index is 10.8. The van der Waals surface area contributed by atoms with Crippen LogP contribution in [0.15, 0.2) is 24.3 Å². The summed E-state index contributed by atoms with van der Waals surface area (Å²) in [6.45, 7) is 0. The molecule has 1 N–H and O–H groups in total. The molecule has 0 saturated heterocycles. The Morgan fingerprint density at radius 2 is 2.25 bits per heavy atom. The van der Waals surface area contributed by atoms with Gasteiger partial charge in [-0.25, -0.2) is 0 Å². The van der Waals surface area contributed by atoms with Crippen LogP contribution in [0.4, 0.5) is 5.69 Å². The van der Waals surface area contributed by atoms with Crippen molar-refractivity contribution >= 4 is 19.2 Å². The molecular weight excluding hydrogens is 149 g/mol. The zero-order valence-corrected chi connectivity index (χ0v) is 6.58. The van der Waals surface area contributed by atoms with Crippen molar-refractivity contribution in [2.24, 2.45) is 0 Å². The molecule has 1 atom stereocenters. The number of carbonyl (C=O) groups excluding carboxylic acids is 1. The first-order chi connectivity index (χ1) is 5.77. The van der Waals surface area contributed by atoms with Crippen LogP contribution in [0.3, 0.4) is 0 Å². The standard InChI is InChI=1S/C9H8BNO/c10-9(12)8-5-6-3-1-2-4-7(6)11-8/h1-4,8,11H,5H2. The minimum Gasteiger partial charge on any atom is -0.376 e. The van der Waals surface area contributed by atoms with Gasteiger partial charge in [0.1, 0.15) is 0 Å². The highest BCUT2D eigenvalue weighted by Gasteiger charge is 2.22. The van der Waals surface area contributed by atoms with Gasteiger partial charge in [0.15, 0.2) is 7.85 Å². The largest absolute Gasteiger partial charge is 0.376 e. The normalized spacial score (nSPS) is 19.8. The van der Waals surface area contributed by atoms with Gasteiger partial charge in [0.05, 0.1) is 11.7 Å². The van der Waals surface area contributed by atoms with E-state index in [0.29, 0.717) is 6.42 Å². The first-order valence-corrected chi connectivity index (χ1v) is 3.91. The van der Waals surface area contributed by atoms with Crippen LogP contribution in [0.25, 0.3) is 0 Å². The summed E-state index contributed by atoms with van der Waals surface area (Å²) in [5.74, 6) is 0. The Morgan fingerprint density at radius 1 is 1.50 bits per heavy atom. The van der Waals surface area contributed by atoms with E-state index in [4.69, 9.17) is 7.85 Å². The van der Waals surface area contributed by atoms with Gasteiger partial charge in [-0.3, -0.25) is 0 Å². The quantitative estimate of drug-likeness (QED) is 0.608. The molecule has 1 aromatic rings. The smallest absolute Gasteiger partial charge is 0.170 e. The molecule has 2 nitrogen and oxygen atoms in total. The third kappa shape index (κ3) is 1.11. The predicted octanol–water partition coefficient (Wildman–Crippen LogP) is 0.718. The molecule has 0 spiro atoms. The summed E-state index contributed by atoms with van der Waals surface area (Å²) in [5, 5.41) is 3.06. The number of anilines is 1. The second-order valence-corrected chi connectivity index (χ2v) is 2.96. The molecule has 0 bridgehead atoms. The number of hydrogen-bond donors (Lipinski definition) is 1. The van der Waals surface area contributed by atoms with Gasteiger partial charge in [0.2, 0.25) is 0 Å². The van der Waals surface area contributed by atoms with Gasteiger partial charge in [0.25, 0.3) is 0 Å². The summed E-state index contributed by atoms with van der Waals surface area (Å²) in [4.78, 5) is 10.8. The van der Waals surface area contributed by atoms with Crippen LogP contribution in [0.1, 0.15) is 5.56 Å². The van der Waals surface area contributed by atoms with Gasteiger partial charge in [-0.15, -0.1) is 0 Å². The molecule has 1 aromatic carbocycles. The van der Waals surface area contributed by atoms with Crippen LogP contribution in [-0.4, -0.2) is 19.6 Å². The van der Waals surface area contributed by atoms with Crippen molar-refractivity contribution in [1.29, 1.82) is 0 Å². The van der Waals surface area contributed by atoms with E-state index in [1.165, 1.54) is 5.56 Å². The second-order valence-electron chi connectivity index (χ2n) is 2.96. The Labute approximate surface area is 72.4 Å².